The van der Waals surface area contributed by atoms with Crippen molar-refractivity contribution in [2.45, 2.75) is 6.10 Å². The van der Waals surface area contributed by atoms with E-state index in [-0.39, 0.29) is 19.0 Å². The minimum absolute atomic E-state index is 0.0735. The molecule has 1 saturated heterocycles. The van der Waals surface area contributed by atoms with Crippen LogP contribution in [0.15, 0.2) is 91.0 Å². The van der Waals surface area contributed by atoms with Gasteiger partial charge in [0.15, 0.2) is 29.1 Å². The summed E-state index contributed by atoms with van der Waals surface area (Å²) in [5, 5.41) is 1.71. The molecule has 5 aromatic rings. The molecule has 0 radical (unpaired) electrons. The van der Waals surface area contributed by atoms with Gasteiger partial charge in [-0.05, 0) is 42.5 Å². The summed E-state index contributed by atoms with van der Waals surface area (Å²) in [6.07, 6.45) is -0.963. The fourth-order valence-corrected chi connectivity index (χ4v) is 4.87. The summed E-state index contributed by atoms with van der Waals surface area (Å²) in [6.45, 7) is 1.02. The lowest BCUT2D eigenvalue weighted by Crippen LogP contribution is -2.30. The van der Waals surface area contributed by atoms with Gasteiger partial charge in [0.2, 0.25) is 0 Å². The van der Waals surface area contributed by atoms with Crippen molar-refractivity contribution in [3.8, 4) is 23.0 Å². The third kappa shape index (κ3) is 5.47. The molecule has 1 atom stereocenters. The zero-order valence-corrected chi connectivity index (χ0v) is 22.4. The molecule has 0 bridgehead atoms. The lowest BCUT2D eigenvalue weighted by atomic mass is 10.1. The number of rotatable bonds is 10. The average molecular weight is 553 g/mol. The predicted octanol–water partition coefficient (Wildman–Crippen LogP) is 5.83. The third-order valence-corrected chi connectivity index (χ3v) is 6.85. The fourth-order valence-electron chi connectivity index (χ4n) is 4.87. The Morgan fingerprint density at radius 2 is 1.63 bits per heavy atom. The molecule has 9 heteroatoms. The zero-order chi connectivity index (χ0) is 28.2. The largest absolute Gasteiger partial charge is 0.493 e. The molecular weight excluding hydrogens is 524 g/mol. The van der Waals surface area contributed by atoms with Gasteiger partial charge < -0.3 is 33.6 Å². The van der Waals surface area contributed by atoms with Crippen molar-refractivity contribution in [2.24, 2.45) is 0 Å². The number of aromatic amines is 1. The standard InChI is InChI=1S/C32H28N2O7/c1-37-26-13-7-8-14-27(26)38-18-17-34-19-22(40-32(34)36)20-39-30-28(41-31(35)21-9-3-2-4-10-21)16-15-25-29(30)23-11-5-6-12-24(23)33-25/h2-16,22,33H,17-20H2,1H3. The number of cyclic esters (lactones) is 1. The van der Waals surface area contributed by atoms with Crippen molar-refractivity contribution >= 4 is 33.9 Å². The molecule has 208 valence electrons. The van der Waals surface area contributed by atoms with Gasteiger partial charge in [-0.1, -0.05) is 48.5 Å². The number of carbonyl (C=O) groups is 2. The molecule has 6 rings (SSSR count). The molecule has 9 nitrogen and oxygen atoms in total. The number of hydrogen-bond donors (Lipinski definition) is 1. The van der Waals surface area contributed by atoms with Crippen LogP contribution in [0.1, 0.15) is 10.4 Å². The average Bonchev–Trinajstić information content (AvgIpc) is 3.56. The number of nitrogens with one attached hydrogen (secondary N) is 1. The van der Waals surface area contributed by atoms with Crippen molar-refractivity contribution < 1.29 is 33.3 Å². The second-order valence-electron chi connectivity index (χ2n) is 9.50. The van der Waals surface area contributed by atoms with E-state index in [1.54, 1.807) is 42.3 Å². The van der Waals surface area contributed by atoms with Crippen molar-refractivity contribution in [2.75, 3.05) is 33.4 Å². The Morgan fingerprint density at radius 1 is 0.878 bits per heavy atom. The number of esters is 1. The molecule has 1 N–H and O–H groups in total. The van der Waals surface area contributed by atoms with Crippen LogP contribution in [0.4, 0.5) is 4.79 Å². The minimum Gasteiger partial charge on any atom is -0.493 e. The molecule has 0 aliphatic carbocycles. The molecule has 41 heavy (non-hydrogen) atoms. The van der Waals surface area contributed by atoms with Crippen LogP contribution in [0.5, 0.6) is 23.0 Å². The molecule has 0 saturated carbocycles. The minimum atomic E-state index is -0.521. The topological polar surface area (TPSA) is 99.3 Å². The maximum atomic E-state index is 12.9. The Balaban J connectivity index is 1.18. The van der Waals surface area contributed by atoms with Gasteiger partial charge in [0.05, 0.1) is 36.7 Å². The van der Waals surface area contributed by atoms with Gasteiger partial charge >= 0.3 is 12.1 Å². The summed E-state index contributed by atoms with van der Waals surface area (Å²) >= 11 is 0. The Morgan fingerprint density at radius 3 is 2.46 bits per heavy atom. The van der Waals surface area contributed by atoms with E-state index in [0.717, 1.165) is 21.8 Å². The molecule has 1 amide bonds. The normalized spacial score (nSPS) is 14.7. The van der Waals surface area contributed by atoms with E-state index < -0.39 is 18.2 Å². The first kappa shape index (κ1) is 26.1. The SMILES string of the molecule is COc1ccccc1OCCN1CC(COc2c(OC(=O)c3ccccc3)ccc3[nH]c4ccccc4c23)OC1=O. The van der Waals surface area contributed by atoms with Gasteiger partial charge in [-0.25, -0.2) is 9.59 Å². The number of fused-ring (bicyclic) bond motifs is 3. The molecular formula is C32H28N2O7. The van der Waals surface area contributed by atoms with E-state index in [1.165, 1.54) is 0 Å². The predicted molar refractivity (Wildman–Crippen MR) is 153 cm³/mol. The van der Waals surface area contributed by atoms with E-state index >= 15 is 0 Å². The molecule has 4 aromatic carbocycles. The first-order valence-corrected chi connectivity index (χ1v) is 13.3. The molecule has 1 aliphatic heterocycles. The van der Waals surface area contributed by atoms with E-state index in [0.29, 0.717) is 35.9 Å². The maximum absolute atomic E-state index is 12.9. The van der Waals surface area contributed by atoms with Crippen LogP contribution in [0.2, 0.25) is 0 Å². The van der Waals surface area contributed by atoms with Gasteiger partial charge in [-0.15, -0.1) is 0 Å². The summed E-state index contributed by atoms with van der Waals surface area (Å²) in [5.41, 5.74) is 2.18. The number of carbonyl (C=O) groups excluding carboxylic acids is 2. The van der Waals surface area contributed by atoms with Gasteiger partial charge in [0.1, 0.15) is 13.2 Å². The second-order valence-corrected chi connectivity index (χ2v) is 9.50. The van der Waals surface area contributed by atoms with Crippen LogP contribution in [0.3, 0.4) is 0 Å². The fraction of sp³-hybridized carbons (Fsp3) is 0.188. The molecule has 1 unspecified atom stereocenters. The highest BCUT2D eigenvalue weighted by molar-refractivity contribution is 6.11. The number of ether oxygens (including phenoxy) is 5. The summed E-state index contributed by atoms with van der Waals surface area (Å²) in [4.78, 5) is 30.4. The Kier molecular flexibility index (Phi) is 7.32. The first-order valence-electron chi connectivity index (χ1n) is 13.3. The quantitative estimate of drug-likeness (QED) is 0.172. The number of hydrogen-bond acceptors (Lipinski definition) is 7. The van der Waals surface area contributed by atoms with Gasteiger partial charge in [0, 0.05) is 10.9 Å². The highest BCUT2D eigenvalue weighted by atomic mass is 16.6. The van der Waals surface area contributed by atoms with E-state index in [4.69, 9.17) is 23.7 Å². The van der Waals surface area contributed by atoms with Crippen LogP contribution < -0.4 is 18.9 Å². The Labute approximate surface area is 236 Å². The summed E-state index contributed by atoms with van der Waals surface area (Å²) in [7, 11) is 1.58. The Hall–Kier alpha value is -5.18. The molecule has 2 heterocycles. The van der Waals surface area contributed by atoms with E-state index in [2.05, 4.69) is 4.98 Å². The number of benzene rings is 4. The first-order chi connectivity index (χ1) is 20.1. The highest BCUT2D eigenvalue weighted by Crippen LogP contribution is 2.40. The third-order valence-electron chi connectivity index (χ3n) is 6.85. The molecule has 0 spiro atoms. The van der Waals surface area contributed by atoms with Crippen LogP contribution in [0.25, 0.3) is 21.8 Å². The van der Waals surface area contributed by atoms with Gasteiger partial charge in [-0.3, -0.25) is 0 Å². The smallest absolute Gasteiger partial charge is 0.410 e. The van der Waals surface area contributed by atoms with Crippen LogP contribution in [-0.4, -0.2) is 61.5 Å². The monoisotopic (exact) mass is 552 g/mol. The number of aromatic nitrogens is 1. The van der Waals surface area contributed by atoms with E-state index in [1.807, 2.05) is 60.7 Å². The second kappa shape index (κ2) is 11.5. The van der Waals surface area contributed by atoms with E-state index in [9.17, 15) is 9.59 Å². The summed E-state index contributed by atoms with van der Waals surface area (Å²) in [5.74, 6) is 1.41. The van der Waals surface area contributed by atoms with Gasteiger partial charge in [-0.2, -0.15) is 0 Å². The highest BCUT2D eigenvalue weighted by Gasteiger charge is 2.32. The van der Waals surface area contributed by atoms with Crippen LogP contribution >= 0.6 is 0 Å². The summed E-state index contributed by atoms with van der Waals surface area (Å²) in [6, 6.07) is 27.5. The van der Waals surface area contributed by atoms with Crippen molar-refractivity contribution in [3.05, 3.63) is 96.6 Å². The maximum Gasteiger partial charge on any atom is 0.410 e. The number of amides is 1. The van der Waals surface area contributed by atoms with Crippen molar-refractivity contribution in [3.63, 3.8) is 0 Å². The van der Waals surface area contributed by atoms with Crippen molar-refractivity contribution in [1.29, 1.82) is 0 Å². The van der Waals surface area contributed by atoms with Crippen LogP contribution in [0, 0.1) is 0 Å². The Bertz CT molecular complexity index is 1700. The molecule has 1 fully saturated rings. The number of para-hydroxylation sites is 3. The number of nitrogens with zero attached hydrogens (tertiary/aromatic N) is 1. The molecule has 1 aliphatic rings. The van der Waals surface area contributed by atoms with Gasteiger partial charge in [0.25, 0.3) is 0 Å². The van der Waals surface area contributed by atoms with Crippen molar-refractivity contribution in [1.82, 2.24) is 9.88 Å². The number of methoxy groups -OCH3 is 1. The lowest BCUT2D eigenvalue weighted by Gasteiger charge is -2.16. The number of H-pyrrole nitrogens is 1. The molecule has 1 aromatic heterocycles. The zero-order valence-electron chi connectivity index (χ0n) is 22.4. The lowest BCUT2D eigenvalue weighted by molar-refractivity contribution is 0.0722. The van der Waals surface area contributed by atoms with Crippen LogP contribution in [-0.2, 0) is 4.74 Å². The summed E-state index contributed by atoms with van der Waals surface area (Å²) < 4.78 is 28.8.